The second-order valence-corrected chi connectivity index (χ2v) is 5.34. The number of carbonyl (C=O) groups excluding carboxylic acids is 1. The van der Waals surface area contributed by atoms with E-state index in [-0.39, 0.29) is 5.56 Å². The van der Waals surface area contributed by atoms with E-state index < -0.39 is 12.0 Å². The summed E-state index contributed by atoms with van der Waals surface area (Å²) in [5.74, 6) is -1.02. The molecule has 2 rings (SSSR count). The number of rotatable bonds is 3. The van der Waals surface area contributed by atoms with Crippen LogP contribution >= 0.6 is 15.9 Å². The summed E-state index contributed by atoms with van der Waals surface area (Å²) >= 11 is 3.31. The molecule has 0 fully saturated rings. The van der Waals surface area contributed by atoms with Crippen LogP contribution in [0.15, 0.2) is 46.9 Å². The highest BCUT2D eigenvalue weighted by atomic mass is 79.9. The lowest BCUT2D eigenvalue weighted by molar-refractivity contribution is 0.0696. The van der Waals surface area contributed by atoms with Crippen molar-refractivity contribution in [2.45, 2.75) is 6.92 Å². The Balaban J connectivity index is 2.07. The number of urea groups is 1. The van der Waals surface area contributed by atoms with Crippen molar-refractivity contribution in [3.05, 3.63) is 58.1 Å². The van der Waals surface area contributed by atoms with E-state index >= 15 is 0 Å². The SMILES string of the molecule is Cc1ccc(NC(=O)Nc2ccc(Br)cc2)cc1C(=O)O. The van der Waals surface area contributed by atoms with Gasteiger partial charge in [0.15, 0.2) is 0 Å². The Morgan fingerprint density at radius 1 is 1.00 bits per heavy atom. The van der Waals surface area contributed by atoms with Gasteiger partial charge in [-0.15, -0.1) is 0 Å². The standard InChI is InChI=1S/C15H13BrN2O3/c1-9-2-5-12(8-13(9)14(19)20)18-15(21)17-11-6-3-10(16)4-7-11/h2-8H,1H3,(H,19,20)(H2,17,18,21). The number of carboxylic acid groups (broad SMARTS) is 1. The first-order valence-corrected chi connectivity index (χ1v) is 6.92. The fraction of sp³-hybridized carbons (Fsp3) is 0.0667. The lowest BCUT2D eigenvalue weighted by atomic mass is 10.1. The van der Waals surface area contributed by atoms with Gasteiger partial charge in [-0.25, -0.2) is 9.59 Å². The molecule has 0 aliphatic heterocycles. The van der Waals surface area contributed by atoms with E-state index in [1.165, 1.54) is 6.07 Å². The Morgan fingerprint density at radius 3 is 2.19 bits per heavy atom. The first kappa shape index (κ1) is 15.1. The van der Waals surface area contributed by atoms with E-state index in [1.54, 1.807) is 31.2 Å². The second kappa shape index (κ2) is 6.41. The summed E-state index contributed by atoms with van der Waals surface area (Å²) in [7, 11) is 0. The molecule has 0 heterocycles. The van der Waals surface area contributed by atoms with Gasteiger partial charge in [-0.05, 0) is 48.9 Å². The summed E-state index contributed by atoms with van der Waals surface area (Å²) in [4.78, 5) is 22.9. The average Bonchev–Trinajstić information content (AvgIpc) is 2.43. The molecule has 108 valence electrons. The fourth-order valence-electron chi connectivity index (χ4n) is 1.76. The van der Waals surface area contributed by atoms with Crippen LogP contribution in [0.25, 0.3) is 0 Å². The van der Waals surface area contributed by atoms with Crippen molar-refractivity contribution < 1.29 is 14.7 Å². The smallest absolute Gasteiger partial charge is 0.336 e. The van der Waals surface area contributed by atoms with Gasteiger partial charge in [0.25, 0.3) is 0 Å². The molecule has 0 spiro atoms. The van der Waals surface area contributed by atoms with Crippen molar-refractivity contribution in [2.24, 2.45) is 0 Å². The number of benzene rings is 2. The van der Waals surface area contributed by atoms with Gasteiger partial charge in [0.05, 0.1) is 5.56 Å². The Labute approximate surface area is 130 Å². The Hall–Kier alpha value is -2.34. The van der Waals surface area contributed by atoms with Gasteiger partial charge in [-0.3, -0.25) is 0 Å². The van der Waals surface area contributed by atoms with Crippen molar-refractivity contribution in [3.63, 3.8) is 0 Å². The summed E-state index contributed by atoms with van der Waals surface area (Å²) < 4.78 is 0.915. The quantitative estimate of drug-likeness (QED) is 0.781. The van der Waals surface area contributed by atoms with Gasteiger partial charge in [0.1, 0.15) is 0 Å². The predicted octanol–water partition coefficient (Wildman–Crippen LogP) is 4.10. The Kier molecular flexibility index (Phi) is 4.59. The number of hydrogen-bond donors (Lipinski definition) is 3. The molecular weight excluding hydrogens is 336 g/mol. The minimum Gasteiger partial charge on any atom is -0.478 e. The maximum absolute atomic E-state index is 11.9. The van der Waals surface area contributed by atoms with Crippen LogP contribution in [-0.4, -0.2) is 17.1 Å². The maximum Gasteiger partial charge on any atom is 0.336 e. The van der Waals surface area contributed by atoms with E-state index in [2.05, 4.69) is 26.6 Å². The zero-order chi connectivity index (χ0) is 15.4. The third-order valence-electron chi connectivity index (χ3n) is 2.83. The summed E-state index contributed by atoms with van der Waals surface area (Å²) in [6, 6.07) is 11.4. The van der Waals surface area contributed by atoms with Crippen LogP contribution in [0, 0.1) is 6.92 Å². The highest BCUT2D eigenvalue weighted by Crippen LogP contribution is 2.17. The molecule has 6 heteroatoms. The number of carboxylic acids is 1. The highest BCUT2D eigenvalue weighted by molar-refractivity contribution is 9.10. The zero-order valence-corrected chi connectivity index (χ0v) is 12.8. The summed E-state index contributed by atoms with van der Waals surface area (Å²) in [6.07, 6.45) is 0. The number of aromatic carboxylic acids is 1. The van der Waals surface area contributed by atoms with E-state index in [4.69, 9.17) is 5.11 Å². The molecule has 2 aromatic carbocycles. The largest absolute Gasteiger partial charge is 0.478 e. The molecule has 2 aromatic rings. The monoisotopic (exact) mass is 348 g/mol. The van der Waals surface area contributed by atoms with Crippen LogP contribution in [0.5, 0.6) is 0 Å². The predicted molar refractivity (Wildman–Crippen MR) is 84.9 cm³/mol. The van der Waals surface area contributed by atoms with E-state index in [0.717, 1.165) is 4.47 Å². The van der Waals surface area contributed by atoms with E-state index in [1.807, 2.05) is 12.1 Å². The van der Waals surface area contributed by atoms with Crippen molar-refractivity contribution in [3.8, 4) is 0 Å². The van der Waals surface area contributed by atoms with Gasteiger partial charge in [0.2, 0.25) is 0 Å². The van der Waals surface area contributed by atoms with Gasteiger partial charge in [0, 0.05) is 15.8 Å². The lowest BCUT2D eigenvalue weighted by Crippen LogP contribution is -2.19. The number of anilines is 2. The van der Waals surface area contributed by atoms with Crippen molar-refractivity contribution in [1.82, 2.24) is 0 Å². The molecule has 5 nitrogen and oxygen atoms in total. The molecule has 21 heavy (non-hydrogen) atoms. The van der Waals surface area contributed by atoms with Crippen molar-refractivity contribution in [1.29, 1.82) is 0 Å². The first-order valence-electron chi connectivity index (χ1n) is 6.13. The summed E-state index contributed by atoms with van der Waals surface area (Å²) in [5, 5.41) is 14.3. The molecule has 3 N–H and O–H groups in total. The lowest BCUT2D eigenvalue weighted by Gasteiger charge is -2.09. The van der Waals surface area contributed by atoms with Gasteiger partial charge >= 0.3 is 12.0 Å². The number of amides is 2. The number of aryl methyl sites for hydroxylation is 1. The van der Waals surface area contributed by atoms with Gasteiger partial charge in [-0.1, -0.05) is 22.0 Å². The minimum atomic E-state index is -1.02. The molecule has 0 saturated heterocycles. The van der Waals surface area contributed by atoms with E-state index in [9.17, 15) is 9.59 Å². The van der Waals surface area contributed by atoms with Crippen LogP contribution in [0.4, 0.5) is 16.2 Å². The third-order valence-corrected chi connectivity index (χ3v) is 3.36. The third kappa shape index (κ3) is 4.06. The molecule has 0 saturated carbocycles. The molecule has 0 atom stereocenters. The second-order valence-electron chi connectivity index (χ2n) is 4.42. The van der Waals surface area contributed by atoms with Crippen LogP contribution in [-0.2, 0) is 0 Å². The van der Waals surface area contributed by atoms with Crippen LogP contribution in [0.3, 0.4) is 0 Å². The van der Waals surface area contributed by atoms with Gasteiger partial charge in [-0.2, -0.15) is 0 Å². The Morgan fingerprint density at radius 2 is 1.57 bits per heavy atom. The molecular formula is C15H13BrN2O3. The topological polar surface area (TPSA) is 78.4 Å². The number of hydrogen-bond acceptors (Lipinski definition) is 2. The molecule has 0 aliphatic carbocycles. The fourth-order valence-corrected chi connectivity index (χ4v) is 2.02. The number of carbonyl (C=O) groups is 2. The van der Waals surface area contributed by atoms with Gasteiger partial charge < -0.3 is 15.7 Å². The molecule has 0 bridgehead atoms. The maximum atomic E-state index is 11.9. The number of nitrogens with one attached hydrogen (secondary N) is 2. The summed E-state index contributed by atoms with van der Waals surface area (Å²) in [6.45, 7) is 1.70. The average molecular weight is 349 g/mol. The number of halogens is 1. The Bertz CT molecular complexity index is 684. The minimum absolute atomic E-state index is 0.163. The normalized spacial score (nSPS) is 10.0. The zero-order valence-electron chi connectivity index (χ0n) is 11.2. The van der Waals surface area contributed by atoms with Crippen LogP contribution in [0.2, 0.25) is 0 Å². The molecule has 2 amide bonds. The van der Waals surface area contributed by atoms with Crippen LogP contribution < -0.4 is 10.6 Å². The van der Waals surface area contributed by atoms with Crippen molar-refractivity contribution >= 4 is 39.3 Å². The molecule has 0 aliphatic rings. The van der Waals surface area contributed by atoms with E-state index in [0.29, 0.717) is 16.9 Å². The van der Waals surface area contributed by atoms with Crippen LogP contribution in [0.1, 0.15) is 15.9 Å². The van der Waals surface area contributed by atoms with Crippen molar-refractivity contribution in [2.75, 3.05) is 10.6 Å². The summed E-state index contributed by atoms with van der Waals surface area (Å²) in [5.41, 5.74) is 1.87. The molecule has 0 aromatic heterocycles. The molecule has 0 unspecified atom stereocenters. The first-order chi connectivity index (χ1) is 9.95. The highest BCUT2D eigenvalue weighted by Gasteiger charge is 2.09. The molecule has 0 radical (unpaired) electrons.